The molecule has 1 amide bonds. The molecule has 5 atom stereocenters. The molecule has 32 heavy (non-hydrogen) atoms. The molecule has 1 aliphatic rings. The van der Waals surface area contributed by atoms with E-state index in [9.17, 15) is 24.0 Å². The van der Waals surface area contributed by atoms with Gasteiger partial charge in [-0.15, -0.1) is 0 Å². The topological polar surface area (TPSA) is 157 Å². The molecule has 13 heteroatoms. The van der Waals surface area contributed by atoms with Crippen LogP contribution in [0.25, 0.3) is 0 Å². The Kier molecular flexibility index (Phi) is 8.78. The minimum atomic E-state index is -1.52. The van der Waals surface area contributed by atoms with Gasteiger partial charge in [-0.2, -0.15) is 0 Å². The Morgan fingerprint density at radius 2 is 1.56 bits per heavy atom. The van der Waals surface area contributed by atoms with Crippen LogP contribution in [0.15, 0.2) is 21.2 Å². The highest BCUT2D eigenvalue weighted by Gasteiger charge is 2.52. The van der Waals surface area contributed by atoms with Gasteiger partial charge in [-0.1, -0.05) is 0 Å². The van der Waals surface area contributed by atoms with E-state index in [4.69, 9.17) is 28.1 Å². The zero-order chi connectivity index (χ0) is 24.0. The molecule has 1 aromatic rings. The van der Waals surface area contributed by atoms with Crippen molar-refractivity contribution in [2.75, 3.05) is 6.61 Å². The van der Waals surface area contributed by atoms with Gasteiger partial charge in [0.15, 0.2) is 16.9 Å². The maximum absolute atomic E-state index is 12.5. The van der Waals surface area contributed by atoms with E-state index < -0.39 is 67.0 Å². The average Bonchev–Trinajstić information content (AvgIpc) is 3.10. The molecule has 0 bridgehead atoms. The minimum absolute atomic E-state index is 0.176. The lowest BCUT2D eigenvalue weighted by Gasteiger charge is -2.44. The first kappa shape index (κ1) is 25.3. The van der Waals surface area contributed by atoms with E-state index >= 15 is 0 Å². The smallest absolute Gasteiger partial charge is 0.376 e. The van der Waals surface area contributed by atoms with Crippen molar-refractivity contribution >= 4 is 45.7 Å². The summed E-state index contributed by atoms with van der Waals surface area (Å²) in [7, 11) is 0. The molecule has 1 fully saturated rings. The van der Waals surface area contributed by atoms with Gasteiger partial charge in [-0.05, 0) is 28.1 Å². The average molecular weight is 520 g/mol. The van der Waals surface area contributed by atoms with Crippen LogP contribution in [-0.2, 0) is 42.9 Å². The third kappa shape index (κ3) is 7.05. The molecular formula is C19H22BrNO11. The summed E-state index contributed by atoms with van der Waals surface area (Å²) < 4.78 is 32.0. The Labute approximate surface area is 190 Å². The summed E-state index contributed by atoms with van der Waals surface area (Å²) in [4.78, 5) is 59.1. The van der Waals surface area contributed by atoms with E-state index in [2.05, 4.69) is 21.2 Å². The first-order valence-corrected chi connectivity index (χ1v) is 10.1. The second-order valence-electron chi connectivity index (χ2n) is 6.73. The number of carbonyl (C=O) groups is 5. The normalized spacial score (nSPS) is 24.7. The fourth-order valence-electron chi connectivity index (χ4n) is 2.98. The monoisotopic (exact) mass is 519 g/mol. The molecule has 0 aliphatic carbocycles. The zero-order valence-corrected chi connectivity index (χ0v) is 19.2. The highest BCUT2D eigenvalue weighted by Crippen LogP contribution is 2.29. The van der Waals surface area contributed by atoms with Crippen LogP contribution in [0.3, 0.4) is 0 Å². The van der Waals surface area contributed by atoms with Gasteiger partial charge in [-0.25, -0.2) is 4.79 Å². The molecular weight excluding hydrogens is 498 g/mol. The van der Waals surface area contributed by atoms with Gasteiger partial charge in [0.1, 0.15) is 18.8 Å². The van der Waals surface area contributed by atoms with Crippen molar-refractivity contribution in [1.29, 1.82) is 0 Å². The number of halogens is 1. The Morgan fingerprint density at radius 3 is 2.06 bits per heavy atom. The van der Waals surface area contributed by atoms with Crippen molar-refractivity contribution in [3.63, 3.8) is 0 Å². The van der Waals surface area contributed by atoms with E-state index in [1.807, 2.05) is 0 Å². The second kappa shape index (κ2) is 11.1. The Morgan fingerprint density at radius 1 is 0.938 bits per heavy atom. The summed E-state index contributed by atoms with van der Waals surface area (Å²) in [6.45, 7) is 4.13. The molecule has 1 N–H and O–H groups in total. The molecule has 0 aromatic carbocycles. The number of hydrogen-bond donors (Lipinski definition) is 1. The van der Waals surface area contributed by atoms with Crippen molar-refractivity contribution in [3.05, 3.63) is 22.6 Å². The molecule has 2 heterocycles. The molecule has 0 spiro atoms. The Hall–Kier alpha value is -2.93. The molecule has 12 nitrogen and oxygen atoms in total. The van der Waals surface area contributed by atoms with Crippen LogP contribution in [0.4, 0.5) is 0 Å². The number of carbonyl (C=O) groups excluding carboxylic acids is 5. The van der Waals surface area contributed by atoms with Crippen molar-refractivity contribution in [1.82, 2.24) is 5.32 Å². The predicted molar refractivity (Wildman–Crippen MR) is 106 cm³/mol. The highest BCUT2D eigenvalue weighted by atomic mass is 79.9. The van der Waals surface area contributed by atoms with Crippen LogP contribution in [0.1, 0.15) is 38.2 Å². The summed E-state index contributed by atoms with van der Waals surface area (Å²) in [5, 5.41) is 2.48. The number of esters is 4. The second-order valence-corrected chi connectivity index (χ2v) is 7.51. The molecule has 2 rings (SSSR count). The molecule has 1 aliphatic heterocycles. The summed E-state index contributed by atoms with van der Waals surface area (Å²) >= 11 is 3.06. The predicted octanol–water partition coefficient (Wildman–Crippen LogP) is 0.855. The van der Waals surface area contributed by atoms with Crippen LogP contribution in [0.5, 0.6) is 0 Å². The van der Waals surface area contributed by atoms with Gasteiger partial charge in [0.25, 0.3) is 0 Å². The fourth-order valence-corrected chi connectivity index (χ4v) is 3.29. The fraction of sp³-hybridized carbons (Fsp3) is 0.526. The van der Waals surface area contributed by atoms with Crippen molar-refractivity contribution < 1.29 is 52.1 Å². The lowest BCUT2D eigenvalue weighted by molar-refractivity contribution is -0.264. The SMILES string of the molecule is CC(=O)N[C@H]1[C@H](OC(=O)c2ccc(Br)o2)O[C@H](COC(C)=O)[C@@H](OC(C)=O)[C@@H]1OC(C)=O. The van der Waals surface area contributed by atoms with Crippen molar-refractivity contribution in [2.24, 2.45) is 0 Å². The molecule has 1 aromatic heterocycles. The van der Waals surface area contributed by atoms with Crippen LogP contribution < -0.4 is 5.32 Å². The number of ether oxygens (including phenoxy) is 5. The molecule has 0 radical (unpaired) electrons. The number of nitrogens with one attached hydrogen (secondary N) is 1. The molecule has 1 saturated heterocycles. The lowest BCUT2D eigenvalue weighted by Crippen LogP contribution is -2.66. The van der Waals surface area contributed by atoms with Gasteiger partial charge < -0.3 is 33.4 Å². The Balaban J connectivity index is 2.42. The standard InChI is InChI=1S/C19H22BrNO11/c1-8(22)21-15-17(29-11(4)25)16(28-10(3)24)13(7-27-9(2)23)31-19(15)32-18(26)12-5-6-14(20)30-12/h5-6,13,15-17,19H,7H2,1-4H3,(H,21,22)/t13-,15-,16-,17-,19+/m1/s1. The van der Waals surface area contributed by atoms with Crippen LogP contribution in [0.2, 0.25) is 0 Å². The molecule has 176 valence electrons. The molecule has 0 saturated carbocycles. The van der Waals surface area contributed by atoms with Gasteiger partial charge in [0, 0.05) is 27.7 Å². The first-order valence-electron chi connectivity index (χ1n) is 9.34. The van der Waals surface area contributed by atoms with E-state index in [1.54, 1.807) is 0 Å². The van der Waals surface area contributed by atoms with E-state index in [0.29, 0.717) is 0 Å². The summed E-state index contributed by atoms with van der Waals surface area (Å²) in [6.07, 6.45) is -5.35. The lowest BCUT2D eigenvalue weighted by atomic mass is 9.96. The zero-order valence-electron chi connectivity index (χ0n) is 17.6. The van der Waals surface area contributed by atoms with E-state index in [0.717, 1.165) is 20.8 Å². The van der Waals surface area contributed by atoms with Crippen LogP contribution in [-0.4, -0.2) is 67.0 Å². The summed E-state index contributed by atoms with van der Waals surface area (Å²) in [5.74, 6) is -3.87. The van der Waals surface area contributed by atoms with Gasteiger partial charge in [-0.3, -0.25) is 19.2 Å². The summed E-state index contributed by atoms with van der Waals surface area (Å²) in [5.41, 5.74) is 0. The highest BCUT2D eigenvalue weighted by molar-refractivity contribution is 9.10. The summed E-state index contributed by atoms with van der Waals surface area (Å²) in [6, 6.07) is 1.53. The third-order valence-corrected chi connectivity index (χ3v) is 4.49. The van der Waals surface area contributed by atoms with Crippen LogP contribution >= 0.6 is 15.9 Å². The Bertz CT molecular complexity index is 882. The van der Waals surface area contributed by atoms with Crippen molar-refractivity contribution in [2.45, 2.75) is 58.3 Å². The number of furan rings is 1. The largest absolute Gasteiger partial charge is 0.463 e. The first-order chi connectivity index (χ1) is 15.0. The van der Waals surface area contributed by atoms with Gasteiger partial charge in [0.05, 0.1) is 0 Å². The maximum Gasteiger partial charge on any atom is 0.376 e. The van der Waals surface area contributed by atoms with Gasteiger partial charge in [0.2, 0.25) is 18.0 Å². The van der Waals surface area contributed by atoms with Crippen molar-refractivity contribution in [3.8, 4) is 0 Å². The van der Waals surface area contributed by atoms with Crippen LogP contribution in [0, 0.1) is 0 Å². The number of hydrogen-bond acceptors (Lipinski definition) is 11. The maximum atomic E-state index is 12.5. The van der Waals surface area contributed by atoms with Gasteiger partial charge >= 0.3 is 23.9 Å². The minimum Gasteiger partial charge on any atom is -0.463 e. The number of amides is 1. The number of rotatable bonds is 7. The quantitative estimate of drug-likeness (QED) is 0.402. The molecule has 0 unspecified atom stereocenters. The van der Waals surface area contributed by atoms with E-state index in [-0.39, 0.29) is 10.4 Å². The third-order valence-electron chi connectivity index (χ3n) is 4.07. The van der Waals surface area contributed by atoms with E-state index in [1.165, 1.54) is 19.1 Å².